The van der Waals surface area contributed by atoms with Gasteiger partial charge in [-0.3, -0.25) is 18.7 Å². The van der Waals surface area contributed by atoms with Gasteiger partial charge in [0.05, 0.1) is 12.6 Å². The number of allylic oxidation sites excluding steroid dienone is 2. The third-order valence-corrected chi connectivity index (χ3v) is 6.98. The number of anilines is 1. The Bertz CT molecular complexity index is 1310. The fourth-order valence-corrected chi connectivity index (χ4v) is 4.98. The van der Waals surface area contributed by atoms with E-state index in [1.807, 2.05) is 24.5 Å². The van der Waals surface area contributed by atoms with Crippen LogP contribution in [-0.2, 0) is 25.4 Å². The number of carbonyl (C=O) groups is 1. The van der Waals surface area contributed by atoms with Gasteiger partial charge in [-0.1, -0.05) is 11.6 Å². The van der Waals surface area contributed by atoms with Gasteiger partial charge < -0.3 is 19.7 Å². The van der Waals surface area contributed by atoms with Gasteiger partial charge >= 0.3 is 5.69 Å². The zero-order valence-electron chi connectivity index (χ0n) is 21.0. The fourth-order valence-electron chi connectivity index (χ4n) is 4.98. The molecule has 35 heavy (non-hydrogen) atoms. The number of rotatable bonds is 6. The van der Waals surface area contributed by atoms with Crippen LogP contribution >= 0.6 is 0 Å². The lowest BCUT2D eigenvalue weighted by molar-refractivity contribution is -0.130. The number of nitriles is 1. The summed E-state index contributed by atoms with van der Waals surface area (Å²) in [4.78, 5) is 46.8. The van der Waals surface area contributed by atoms with Gasteiger partial charge in [0.2, 0.25) is 11.9 Å². The minimum atomic E-state index is -0.407. The molecule has 0 bridgehead atoms. The molecule has 0 aliphatic carbocycles. The number of nitrogens with one attached hydrogen (secondary N) is 1. The number of nitrogens with zero attached hydrogens (tertiary/aromatic N) is 7. The van der Waals surface area contributed by atoms with Crippen molar-refractivity contribution in [3.8, 4) is 6.07 Å². The van der Waals surface area contributed by atoms with E-state index in [9.17, 15) is 19.6 Å². The number of imidazole rings is 1. The normalized spacial score (nSPS) is 20.3. The van der Waals surface area contributed by atoms with E-state index in [2.05, 4.69) is 16.3 Å². The molecule has 4 rings (SSSR count). The number of piperidine rings is 1. The van der Waals surface area contributed by atoms with Gasteiger partial charge in [0.25, 0.3) is 5.56 Å². The Labute approximate surface area is 204 Å². The zero-order chi connectivity index (χ0) is 25.3. The predicted molar refractivity (Wildman–Crippen MR) is 133 cm³/mol. The second kappa shape index (κ2) is 10.1. The number of fused-ring (bicyclic) bond motifs is 1. The average Bonchev–Trinajstić information content (AvgIpc) is 3.48. The number of carbonyl (C=O) groups excluding carboxylic acids is 1. The highest BCUT2D eigenvalue weighted by Crippen LogP contribution is 2.24. The van der Waals surface area contributed by atoms with Crippen LogP contribution in [0.4, 0.5) is 5.95 Å². The van der Waals surface area contributed by atoms with E-state index in [1.54, 1.807) is 11.9 Å². The summed E-state index contributed by atoms with van der Waals surface area (Å²) in [5.74, 6) is 0.609. The maximum atomic E-state index is 13.1. The summed E-state index contributed by atoms with van der Waals surface area (Å²) in [6.07, 6.45) is 5.46. The van der Waals surface area contributed by atoms with Crippen molar-refractivity contribution in [2.24, 2.45) is 14.1 Å². The molecule has 0 radical (unpaired) electrons. The standard InChI is InChI=1S/C24H34N8O3/c1-16(2)9-12-32-20-21(28(3)24(35)29(4)22(20)34)27-23(32)30-10-5-7-17(15-30)26-14-19(33)31-11-6-8-18(31)13-25/h9,17-18,26H,5-8,10-12,14-15H2,1-4H3/t17?,18-/m0/s1. The van der Waals surface area contributed by atoms with Crippen LogP contribution in [0, 0.1) is 11.3 Å². The molecule has 11 heteroatoms. The molecule has 2 aliphatic heterocycles. The Morgan fingerprint density at radius 3 is 2.63 bits per heavy atom. The van der Waals surface area contributed by atoms with Gasteiger partial charge in [0.15, 0.2) is 11.2 Å². The summed E-state index contributed by atoms with van der Waals surface area (Å²) in [7, 11) is 3.11. The van der Waals surface area contributed by atoms with Crippen molar-refractivity contribution in [1.29, 1.82) is 5.26 Å². The monoisotopic (exact) mass is 482 g/mol. The number of aryl methyl sites for hydroxylation is 1. The van der Waals surface area contributed by atoms with Crippen LogP contribution in [0.15, 0.2) is 21.2 Å². The van der Waals surface area contributed by atoms with Gasteiger partial charge in [0, 0.05) is 46.3 Å². The topological polar surface area (TPSA) is 121 Å². The molecule has 0 aromatic carbocycles. The third kappa shape index (κ3) is 4.75. The lowest BCUT2D eigenvalue weighted by Crippen LogP contribution is -2.50. The number of hydrogen-bond acceptors (Lipinski definition) is 7. The molecule has 11 nitrogen and oxygen atoms in total. The summed E-state index contributed by atoms with van der Waals surface area (Å²) in [6, 6.07) is 1.96. The first-order valence-electron chi connectivity index (χ1n) is 12.2. The van der Waals surface area contributed by atoms with E-state index in [-0.39, 0.29) is 30.1 Å². The Hall–Kier alpha value is -3.39. The van der Waals surface area contributed by atoms with Gasteiger partial charge in [0.1, 0.15) is 6.04 Å². The molecule has 0 spiro atoms. The van der Waals surface area contributed by atoms with Gasteiger partial charge in [-0.05, 0) is 39.5 Å². The number of amides is 1. The van der Waals surface area contributed by atoms with Crippen LogP contribution in [0.1, 0.15) is 39.5 Å². The largest absolute Gasteiger partial charge is 0.341 e. The molecule has 0 saturated carbocycles. The lowest BCUT2D eigenvalue weighted by atomic mass is 10.1. The average molecular weight is 483 g/mol. The molecule has 2 aromatic heterocycles. The van der Waals surface area contributed by atoms with E-state index >= 15 is 0 Å². The van der Waals surface area contributed by atoms with Crippen LogP contribution in [0.3, 0.4) is 0 Å². The van der Waals surface area contributed by atoms with Crippen molar-refractivity contribution in [2.75, 3.05) is 31.1 Å². The Balaban J connectivity index is 1.59. The number of aromatic nitrogens is 4. The molecule has 2 aromatic rings. The number of hydrogen-bond donors (Lipinski definition) is 1. The highest BCUT2D eigenvalue weighted by Gasteiger charge is 2.30. The highest BCUT2D eigenvalue weighted by atomic mass is 16.2. The molecule has 2 aliphatic rings. The Morgan fingerprint density at radius 1 is 1.17 bits per heavy atom. The second-order valence-electron chi connectivity index (χ2n) is 9.72. The van der Waals surface area contributed by atoms with Crippen LogP contribution in [-0.4, -0.2) is 67.8 Å². The van der Waals surface area contributed by atoms with Crippen LogP contribution in [0.25, 0.3) is 11.2 Å². The molecule has 1 N–H and O–H groups in total. The van der Waals surface area contributed by atoms with Gasteiger partial charge in [-0.15, -0.1) is 0 Å². The maximum Gasteiger partial charge on any atom is 0.332 e. The molecule has 1 amide bonds. The summed E-state index contributed by atoms with van der Waals surface area (Å²) in [5.41, 5.74) is 1.13. The van der Waals surface area contributed by atoms with E-state index in [0.29, 0.717) is 36.7 Å². The number of likely N-dealkylation sites (tertiary alicyclic amines) is 1. The summed E-state index contributed by atoms with van der Waals surface area (Å²) in [6.45, 7) is 6.70. The molecule has 2 saturated heterocycles. The van der Waals surface area contributed by atoms with E-state index in [4.69, 9.17) is 4.98 Å². The van der Waals surface area contributed by atoms with Crippen LogP contribution in [0.5, 0.6) is 0 Å². The molecular weight excluding hydrogens is 448 g/mol. The van der Waals surface area contributed by atoms with Crippen molar-refractivity contribution in [2.45, 2.75) is 58.2 Å². The van der Waals surface area contributed by atoms with E-state index in [0.717, 1.165) is 42.4 Å². The van der Waals surface area contributed by atoms with Gasteiger partial charge in [-0.25, -0.2) is 4.79 Å². The predicted octanol–water partition coefficient (Wildman–Crippen LogP) is 0.473. The minimum absolute atomic E-state index is 0.0412. The molecular formula is C24H34N8O3. The van der Waals surface area contributed by atoms with Crippen LogP contribution < -0.4 is 21.5 Å². The second-order valence-corrected chi connectivity index (χ2v) is 9.72. The molecule has 2 atom stereocenters. The van der Waals surface area contributed by atoms with Gasteiger partial charge in [-0.2, -0.15) is 10.2 Å². The Kier molecular flexibility index (Phi) is 7.12. The quantitative estimate of drug-likeness (QED) is 0.594. The third-order valence-electron chi connectivity index (χ3n) is 6.98. The minimum Gasteiger partial charge on any atom is -0.341 e. The summed E-state index contributed by atoms with van der Waals surface area (Å²) in [5, 5.41) is 12.6. The SMILES string of the molecule is CC(C)=CCn1c(N2CCCC(NCC(=O)N3CCC[C@H]3C#N)C2)nc2c1c(=O)n(C)c(=O)n2C. The Morgan fingerprint density at radius 2 is 1.91 bits per heavy atom. The van der Waals surface area contributed by atoms with E-state index in [1.165, 1.54) is 11.6 Å². The first kappa shape index (κ1) is 24.7. The van der Waals surface area contributed by atoms with Crippen LogP contribution in [0.2, 0.25) is 0 Å². The highest BCUT2D eigenvalue weighted by molar-refractivity contribution is 5.79. The summed E-state index contributed by atoms with van der Waals surface area (Å²) >= 11 is 0. The smallest absolute Gasteiger partial charge is 0.332 e. The van der Waals surface area contributed by atoms with Crippen molar-refractivity contribution < 1.29 is 4.79 Å². The fraction of sp³-hybridized carbons (Fsp3) is 0.625. The zero-order valence-corrected chi connectivity index (χ0v) is 21.0. The molecule has 4 heterocycles. The van der Waals surface area contributed by atoms with E-state index < -0.39 is 5.69 Å². The first-order chi connectivity index (χ1) is 16.7. The van der Waals surface area contributed by atoms with Crippen molar-refractivity contribution in [1.82, 2.24) is 28.9 Å². The van der Waals surface area contributed by atoms with Crippen molar-refractivity contribution in [3.63, 3.8) is 0 Å². The lowest BCUT2D eigenvalue weighted by Gasteiger charge is -2.34. The maximum absolute atomic E-state index is 13.1. The van der Waals surface area contributed by atoms with Crippen molar-refractivity contribution >= 4 is 23.0 Å². The molecule has 1 unspecified atom stereocenters. The first-order valence-corrected chi connectivity index (χ1v) is 12.2. The summed E-state index contributed by atoms with van der Waals surface area (Å²) < 4.78 is 4.42. The molecule has 188 valence electrons. The molecule has 2 fully saturated rings. The van der Waals surface area contributed by atoms with Crippen molar-refractivity contribution in [3.05, 3.63) is 32.5 Å².